The Bertz CT molecular complexity index is 608. The molecule has 2 rings (SSSR count). The van der Waals surface area contributed by atoms with Crippen LogP contribution in [0.2, 0.25) is 5.02 Å². The average molecular weight is 273 g/mol. The molecule has 0 fully saturated rings. The van der Waals surface area contributed by atoms with Gasteiger partial charge in [0.25, 0.3) is 10.0 Å². The molecule has 2 N–H and O–H groups in total. The molecule has 1 heterocycles. The molecule has 0 radical (unpaired) electrons. The van der Waals surface area contributed by atoms with Crippen molar-refractivity contribution in [1.29, 1.82) is 0 Å². The van der Waals surface area contributed by atoms with Crippen molar-refractivity contribution < 1.29 is 13.2 Å². The van der Waals surface area contributed by atoms with Crippen LogP contribution in [-0.2, 0) is 10.0 Å². The van der Waals surface area contributed by atoms with Crippen molar-refractivity contribution in [2.75, 3.05) is 6.61 Å². The summed E-state index contributed by atoms with van der Waals surface area (Å²) in [5.41, 5.74) is 5.54. The van der Waals surface area contributed by atoms with Gasteiger partial charge < -0.3 is 10.5 Å². The second-order valence-electron chi connectivity index (χ2n) is 3.35. The van der Waals surface area contributed by atoms with E-state index in [1.807, 2.05) is 0 Å². The van der Waals surface area contributed by atoms with E-state index in [4.69, 9.17) is 22.1 Å². The van der Waals surface area contributed by atoms with Crippen LogP contribution in [0.5, 0.6) is 5.75 Å². The second kappa shape index (κ2) is 4.38. The van der Waals surface area contributed by atoms with Crippen LogP contribution in [0.4, 0.5) is 0 Å². The minimum atomic E-state index is -3.67. The predicted molar refractivity (Wildman–Crippen MR) is 65.6 cm³/mol. The number of rotatable bonds is 3. The first-order valence-electron chi connectivity index (χ1n) is 4.67. The summed E-state index contributed by atoms with van der Waals surface area (Å²) in [5, 5.41) is 0.278. The predicted octanol–water partition coefficient (Wildman–Crippen LogP) is 1.30. The molecule has 0 atom stereocenters. The molecule has 0 aromatic heterocycles. The van der Waals surface area contributed by atoms with Crippen LogP contribution < -0.4 is 10.5 Å². The summed E-state index contributed by atoms with van der Waals surface area (Å²) < 4.78 is 31.1. The zero-order valence-electron chi connectivity index (χ0n) is 8.63. The summed E-state index contributed by atoms with van der Waals surface area (Å²) >= 11 is 5.77. The maximum atomic E-state index is 11.2. The van der Waals surface area contributed by atoms with E-state index in [-0.39, 0.29) is 17.3 Å². The Morgan fingerprint density at radius 3 is 2.76 bits per heavy atom. The van der Waals surface area contributed by atoms with Crippen molar-refractivity contribution in [3.05, 3.63) is 40.4 Å². The molecule has 0 saturated carbocycles. The Morgan fingerprint density at radius 1 is 1.41 bits per heavy atom. The van der Waals surface area contributed by atoms with Gasteiger partial charge in [0.1, 0.15) is 12.4 Å². The normalized spacial score (nSPS) is 17.5. The first-order chi connectivity index (χ1) is 7.97. The summed E-state index contributed by atoms with van der Waals surface area (Å²) in [6.07, 6.45) is 1.28. The van der Waals surface area contributed by atoms with Gasteiger partial charge in [-0.15, -0.1) is 0 Å². The summed E-state index contributed by atoms with van der Waals surface area (Å²) in [6, 6.07) is 6.78. The highest BCUT2D eigenvalue weighted by molar-refractivity contribution is 7.94. The highest BCUT2D eigenvalue weighted by Gasteiger charge is 2.21. The van der Waals surface area contributed by atoms with Crippen molar-refractivity contribution >= 4 is 27.3 Å². The third kappa shape index (κ3) is 2.78. The third-order valence-electron chi connectivity index (χ3n) is 2.03. The first kappa shape index (κ1) is 11.9. The SMILES string of the molecule is NC1=CC(COc2cccc(Cl)c2)=NS1(=O)=O. The molecule has 0 saturated heterocycles. The Hall–Kier alpha value is -1.53. The monoisotopic (exact) mass is 272 g/mol. The van der Waals surface area contributed by atoms with Crippen molar-refractivity contribution in [2.24, 2.45) is 10.1 Å². The van der Waals surface area contributed by atoms with Crippen LogP contribution in [0.1, 0.15) is 0 Å². The number of halogens is 1. The van der Waals surface area contributed by atoms with E-state index < -0.39 is 10.0 Å². The number of ether oxygens (including phenoxy) is 1. The van der Waals surface area contributed by atoms with Crippen molar-refractivity contribution in [3.63, 3.8) is 0 Å². The van der Waals surface area contributed by atoms with Gasteiger partial charge in [-0.05, 0) is 18.2 Å². The summed E-state index contributed by atoms with van der Waals surface area (Å²) in [5.74, 6) is 0.538. The molecule has 0 amide bonds. The highest BCUT2D eigenvalue weighted by atomic mass is 35.5. The summed E-state index contributed by atoms with van der Waals surface area (Å²) in [4.78, 5) is 0. The van der Waals surface area contributed by atoms with Crippen LogP contribution in [0.3, 0.4) is 0 Å². The lowest BCUT2D eigenvalue weighted by Gasteiger charge is -2.04. The van der Waals surface area contributed by atoms with Gasteiger partial charge in [-0.3, -0.25) is 0 Å². The second-order valence-corrected chi connectivity index (χ2v) is 5.39. The molecule has 0 unspecified atom stereocenters. The van der Waals surface area contributed by atoms with Gasteiger partial charge in [0.15, 0.2) is 5.03 Å². The molecule has 7 heteroatoms. The average Bonchev–Trinajstić information content (AvgIpc) is 2.50. The fourth-order valence-electron chi connectivity index (χ4n) is 1.25. The maximum absolute atomic E-state index is 11.2. The van der Waals surface area contributed by atoms with E-state index in [2.05, 4.69) is 4.40 Å². The lowest BCUT2D eigenvalue weighted by Crippen LogP contribution is -2.07. The van der Waals surface area contributed by atoms with E-state index in [0.29, 0.717) is 10.8 Å². The Kier molecular flexibility index (Phi) is 3.08. The Labute approximate surface area is 104 Å². The minimum absolute atomic E-state index is 0.0280. The molecule has 0 aliphatic carbocycles. The molecule has 1 aliphatic rings. The largest absolute Gasteiger partial charge is 0.487 e. The van der Waals surface area contributed by atoms with Gasteiger partial charge in [-0.2, -0.15) is 12.8 Å². The lowest BCUT2D eigenvalue weighted by molar-refractivity contribution is 0.377. The standard InChI is InChI=1S/C10H9ClN2O3S/c11-7-2-1-3-9(4-7)16-6-8-5-10(12)17(14,15)13-8/h1-5H,6,12H2. The number of nitrogens with two attached hydrogens (primary N) is 1. The number of nitrogens with zero attached hydrogens (tertiary/aromatic N) is 1. The molecule has 1 aromatic carbocycles. The minimum Gasteiger partial charge on any atom is -0.487 e. The lowest BCUT2D eigenvalue weighted by atomic mass is 10.3. The van der Waals surface area contributed by atoms with Gasteiger partial charge in [0.2, 0.25) is 0 Å². The van der Waals surface area contributed by atoms with Gasteiger partial charge in [-0.1, -0.05) is 17.7 Å². The molecule has 90 valence electrons. The molecule has 1 aromatic rings. The van der Waals surface area contributed by atoms with E-state index in [0.717, 1.165) is 0 Å². The molecular weight excluding hydrogens is 264 g/mol. The van der Waals surface area contributed by atoms with Gasteiger partial charge in [-0.25, -0.2) is 0 Å². The topological polar surface area (TPSA) is 81.8 Å². The van der Waals surface area contributed by atoms with E-state index >= 15 is 0 Å². The summed E-state index contributed by atoms with van der Waals surface area (Å²) in [6.45, 7) is 0.0280. The van der Waals surface area contributed by atoms with Crippen LogP contribution >= 0.6 is 11.6 Å². The highest BCUT2D eigenvalue weighted by Crippen LogP contribution is 2.18. The smallest absolute Gasteiger partial charge is 0.297 e. The fourth-order valence-corrected chi connectivity index (χ4v) is 2.24. The van der Waals surface area contributed by atoms with Crippen molar-refractivity contribution in [3.8, 4) is 5.75 Å². The number of sulfonamides is 1. The van der Waals surface area contributed by atoms with Crippen LogP contribution in [0.15, 0.2) is 39.8 Å². The molecule has 5 nitrogen and oxygen atoms in total. The van der Waals surface area contributed by atoms with Gasteiger partial charge in [0.05, 0.1) is 5.71 Å². The fraction of sp³-hybridized carbons (Fsp3) is 0.100. The molecule has 0 bridgehead atoms. The van der Waals surface area contributed by atoms with E-state index in [9.17, 15) is 8.42 Å². The maximum Gasteiger partial charge on any atom is 0.297 e. The molecular formula is C10H9ClN2O3S. The molecule has 0 spiro atoms. The summed E-state index contributed by atoms with van der Waals surface area (Å²) in [7, 11) is -3.67. The van der Waals surface area contributed by atoms with Crippen LogP contribution in [0.25, 0.3) is 0 Å². The van der Waals surface area contributed by atoms with Crippen LogP contribution in [-0.4, -0.2) is 20.7 Å². The van der Waals surface area contributed by atoms with E-state index in [1.54, 1.807) is 24.3 Å². The number of hydrogen-bond acceptors (Lipinski definition) is 4. The van der Waals surface area contributed by atoms with Gasteiger partial charge in [0, 0.05) is 11.1 Å². The third-order valence-corrected chi connectivity index (χ3v) is 3.45. The molecule has 1 aliphatic heterocycles. The van der Waals surface area contributed by atoms with Crippen molar-refractivity contribution in [2.45, 2.75) is 0 Å². The quantitative estimate of drug-likeness (QED) is 0.899. The molecule has 17 heavy (non-hydrogen) atoms. The van der Waals surface area contributed by atoms with Gasteiger partial charge >= 0.3 is 0 Å². The zero-order valence-corrected chi connectivity index (χ0v) is 10.2. The first-order valence-corrected chi connectivity index (χ1v) is 6.48. The van der Waals surface area contributed by atoms with Crippen molar-refractivity contribution in [1.82, 2.24) is 0 Å². The Morgan fingerprint density at radius 2 is 2.18 bits per heavy atom. The van der Waals surface area contributed by atoms with Crippen LogP contribution in [0, 0.1) is 0 Å². The zero-order chi connectivity index (χ0) is 12.5. The Balaban J connectivity index is 2.06. The number of hydrogen-bond donors (Lipinski definition) is 1. The number of benzene rings is 1. The van der Waals surface area contributed by atoms with E-state index in [1.165, 1.54) is 6.08 Å².